The maximum absolute atomic E-state index is 12.2. The van der Waals surface area contributed by atoms with E-state index in [0.717, 1.165) is 0 Å². The van der Waals surface area contributed by atoms with Crippen LogP contribution in [-0.2, 0) is 16.6 Å². The Balaban J connectivity index is 2.35. The number of hydrogen-bond donors (Lipinski definition) is 1. The number of pyridine rings is 1. The molecule has 0 aliphatic rings. The second kappa shape index (κ2) is 5.30. The molecule has 2 heterocycles. The zero-order valence-corrected chi connectivity index (χ0v) is 12.9. The zero-order valence-electron chi connectivity index (χ0n) is 10.5. The highest BCUT2D eigenvalue weighted by Gasteiger charge is 2.19. The fourth-order valence-electron chi connectivity index (χ4n) is 1.58. The maximum atomic E-state index is 12.2. The van der Waals surface area contributed by atoms with E-state index in [1.54, 1.807) is 17.6 Å². The summed E-state index contributed by atoms with van der Waals surface area (Å²) in [7, 11) is -3.69. The van der Waals surface area contributed by atoms with Crippen molar-refractivity contribution >= 4 is 31.6 Å². The van der Waals surface area contributed by atoms with Crippen molar-refractivity contribution in [1.82, 2.24) is 14.5 Å². The van der Waals surface area contributed by atoms with Crippen molar-refractivity contribution in [2.45, 2.75) is 25.4 Å². The van der Waals surface area contributed by atoms with Gasteiger partial charge in [-0.1, -0.05) is 0 Å². The van der Waals surface area contributed by atoms with E-state index >= 15 is 0 Å². The van der Waals surface area contributed by atoms with E-state index in [1.807, 2.05) is 6.92 Å². The van der Waals surface area contributed by atoms with Gasteiger partial charge in [-0.15, -0.1) is 0 Å². The molecule has 8 heteroatoms. The van der Waals surface area contributed by atoms with Crippen LogP contribution < -0.4 is 4.72 Å². The number of halogens is 1. The van der Waals surface area contributed by atoms with Crippen molar-refractivity contribution in [2.75, 3.05) is 4.72 Å². The number of hydrogen-bond acceptors (Lipinski definition) is 4. The SMILES string of the molecule is CCn1cc(S(=O)(=O)Nc2ccncc2Br)nc1C. The van der Waals surface area contributed by atoms with E-state index in [2.05, 4.69) is 30.6 Å². The molecule has 0 radical (unpaired) electrons. The number of aromatic nitrogens is 3. The summed E-state index contributed by atoms with van der Waals surface area (Å²) in [6.45, 7) is 4.37. The molecule has 19 heavy (non-hydrogen) atoms. The Hall–Kier alpha value is -1.41. The minimum atomic E-state index is -3.69. The first kappa shape index (κ1) is 14.0. The second-order valence-corrected chi connectivity index (χ2v) is 6.36. The third-order valence-electron chi connectivity index (χ3n) is 2.59. The molecule has 102 valence electrons. The number of aryl methyl sites for hydroxylation is 2. The van der Waals surface area contributed by atoms with E-state index in [4.69, 9.17) is 0 Å². The van der Waals surface area contributed by atoms with E-state index in [9.17, 15) is 8.42 Å². The Morgan fingerprint density at radius 2 is 2.21 bits per heavy atom. The lowest BCUT2D eigenvalue weighted by Crippen LogP contribution is -2.13. The van der Waals surface area contributed by atoms with Gasteiger partial charge in [0.1, 0.15) is 5.82 Å². The third-order valence-corrected chi connectivity index (χ3v) is 4.45. The molecule has 0 bridgehead atoms. The predicted molar refractivity (Wildman–Crippen MR) is 75.4 cm³/mol. The molecule has 0 aromatic carbocycles. The molecule has 0 saturated heterocycles. The van der Waals surface area contributed by atoms with Gasteiger partial charge < -0.3 is 4.57 Å². The van der Waals surface area contributed by atoms with Crippen molar-refractivity contribution in [2.24, 2.45) is 0 Å². The molecule has 0 aliphatic carbocycles. The van der Waals surface area contributed by atoms with Gasteiger partial charge in [0.2, 0.25) is 0 Å². The summed E-state index contributed by atoms with van der Waals surface area (Å²) in [5.41, 5.74) is 0.429. The predicted octanol–water partition coefficient (Wildman–Crippen LogP) is 2.17. The van der Waals surface area contributed by atoms with Crippen molar-refractivity contribution in [1.29, 1.82) is 0 Å². The van der Waals surface area contributed by atoms with Crippen LogP contribution in [0.5, 0.6) is 0 Å². The molecule has 0 fully saturated rings. The standard InChI is InChI=1S/C11H13BrN4O2S/c1-3-16-7-11(14-8(16)2)19(17,18)15-10-4-5-13-6-9(10)12/h4-7H,3H2,1-2H3,(H,13,15). The molecule has 0 amide bonds. The Morgan fingerprint density at radius 3 is 2.79 bits per heavy atom. The monoisotopic (exact) mass is 344 g/mol. The van der Waals surface area contributed by atoms with Crippen LogP contribution in [0.4, 0.5) is 5.69 Å². The highest BCUT2D eigenvalue weighted by molar-refractivity contribution is 9.10. The van der Waals surface area contributed by atoms with Crippen LogP contribution in [0.15, 0.2) is 34.2 Å². The molecule has 2 rings (SSSR count). The van der Waals surface area contributed by atoms with E-state index < -0.39 is 10.0 Å². The normalized spacial score (nSPS) is 11.5. The van der Waals surface area contributed by atoms with Crippen LogP contribution >= 0.6 is 15.9 Å². The fraction of sp³-hybridized carbons (Fsp3) is 0.273. The van der Waals surface area contributed by atoms with Gasteiger partial charge in [0.05, 0.1) is 10.2 Å². The smallest absolute Gasteiger partial charge is 0.280 e. The number of imidazole rings is 1. The first-order valence-electron chi connectivity index (χ1n) is 5.60. The highest BCUT2D eigenvalue weighted by Crippen LogP contribution is 2.23. The molecule has 0 spiro atoms. The van der Waals surface area contributed by atoms with Crippen LogP contribution in [0.3, 0.4) is 0 Å². The van der Waals surface area contributed by atoms with Gasteiger partial charge in [-0.25, -0.2) is 4.98 Å². The summed E-state index contributed by atoms with van der Waals surface area (Å²) in [6, 6.07) is 1.57. The second-order valence-electron chi connectivity index (χ2n) is 3.87. The van der Waals surface area contributed by atoms with Crippen LogP contribution in [0.1, 0.15) is 12.7 Å². The molecule has 0 aliphatic heterocycles. The Kier molecular flexibility index (Phi) is 3.91. The van der Waals surface area contributed by atoms with Crippen LogP contribution in [0.2, 0.25) is 0 Å². The van der Waals surface area contributed by atoms with Gasteiger partial charge in [-0.05, 0) is 35.8 Å². The number of anilines is 1. The summed E-state index contributed by atoms with van der Waals surface area (Å²) in [4.78, 5) is 7.94. The van der Waals surface area contributed by atoms with Crippen molar-refractivity contribution in [3.8, 4) is 0 Å². The largest absolute Gasteiger partial charge is 0.334 e. The molecular formula is C11H13BrN4O2S. The average Bonchev–Trinajstić information content (AvgIpc) is 2.74. The number of rotatable bonds is 4. The van der Waals surface area contributed by atoms with Crippen molar-refractivity contribution in [3.05, 3.63) is 35.0 Å². The number of nitrogens with zero attached hydrogens (tertiary/aromatic N) is 3. The van der Waals surface area contributed by atoms with Crippen LogP contribution in [0, 0.1) is 6.92 Å². The average molecular weight is 345 g/mol. The first-order valence-corrected chi connectivity index (χ1v) is 7.87. The zero-order chi connectivity index (χ0) is 14.0. The van der Waals surface area contributed by atoms with Gasteiger partial charge in [-0.3, -0.25) is 9.71 Å². The van der Waals surface area contributed by atoms with Crippen LogP contribution in [0.25, 0.3) is 0 Å². The van der Waals surface area contributed by atoms with Crippen molar-refractivity contribution in [3.63, 3.8) is 0 Å². The fourth-order valence-corrected chi connectivity index (χ4v) is 3.16. The number of sulfonamides is 1. The lowest BCUT2D eigenvalue weighted by molar-refractivity contribution is 0.598. The van der Waals surface area contributed by atoms with Crippen molar-refractivity contribution < 1.29 is 8.42 Å². The molecule has 0 saturated carbocycles. The molecule has 0 atom stereocenters. The Labute approximate surface area is 120 Å². The van der Waals surface area contributed by atoms with E-state index in [1.165, 1.54) is 18.6 Å². The van der Waals surface area contributed by atoms with Gasteiger partial charge in [-0.2, -0.15) is 8.42 Å². The molecule has 2 aromatic heterocycles. The molecule has 1 N–H and O–H groups in total. The van der Waals surface area contributed by atoms with Gasteiger partial charge in [0.25, 0.3) is 10.0 Å². The van der Waals surface area contributed by atoms with E-state index in [0.29, 0.717) is 22.5 Å². The Morgan fingerprint density at radius 1 is 1.47 bits per heavy atom. The Bertz CT molecular complexity index is 696. The third kappa shape index (κ3) is 2.95. The molecular weight excluding hydrogens is 332 g/mol. The minimum absolute atomic E-state index is 0.00978. The minimum Gasteiger partial charge on any atom is -0.334 e. The first-order chi connectivity index (χ1) is 8.94. The summed E-state index contributed by atoms with van der Waals surface area (Å²) >= 11 is 3.24. The van der Waals surface area contributed by atoms with Gasteiger partial charge in [0, 0.05) is 25.1 Å². The lowest BCUT2D eigenvalue weighted by atomic mass is 10.4. The molecule has 6 nitrogen and oxygen atoms in total. The summed E-state index contributed by atoms with van der Waals surface area (Å²) in [5, 5.41) is 0.00978. The highest BCUT2D eigenvalue weighted by atomic mass is 79.9. The molecule has 0 unspecified atom stereocenters. The van der Waals surface area contributed by atoms with Gasteiger partial charge >= 0.3 is 0 Å². The lowest BCUT2D eigenvalue weighted by Gasteiger charge is -2.06. The summed E-state index contributed by atoms with van der Waals surface area (Å²) < 4.78 is 29.2. The number of nitrogens with one attached hydrogen (secondary N) is 1. The maximum Gasteiger partial charge on any atom is 0.280 e. The van der Waals surface area contributed by atoms with E-state index in [-0.39, 0.29) is 5.03 Å². The van der Waals surface area contributed by atoms with Gasteiger partial charge in [0.15, 0.2) is 5.03 Å². The summed E-state index contributed by atoms with van der Waals surface area (Å²) in [6.07, 6.45) is 4.55. The van der Waals surface area contributed by atoms with Crippen LogP contribution in [-0.4, -0.2) is 23.0 Å². The quantitative estimate of drug-likeness (QED) is 0.921. The summed E-state index contributed by atoms with van der Waals surface area (Å²) in [5.74, 6) is 0.664. The molecule has 2 aromatic rings. The topological polar surface area (TPSA) is 76.9 Å².